The third-order valence-corrected chi connectivity index (χ3v) is 16.4. The summed E-state index contributed by atoms with van der Waals surface area (Å²) >= 11 is 1.59. The number of carbonyl (C=O) groups excluding carboxylic acids is 7. The number of nitrogens with one attached hydrogen (secondary N) is 2. The molecule has 16 nitrogen and oxygen atoms in total. The summed E-state index contributed by atoms with van der Waals surface area (Å²) in [5, 5.41) is 16.9. The highest BCUT2D eigenvalue weighted by Gasteiger charge is 2.44. The fraction of sp³-hybridized carbons (Fsp3) is 0.764. The molecule has 0 radical (unpaired) electrons. The van der Waals surface area contributed by atoms with Gasteiger partial charge in [-0.2, -0.15) is 0 Å². The van der Waals surface area contributed by atoms with Crippen molar-refractivity contribution in [2.24, 2.45) is 23.7 Å². The summed E-state index contributed by atoms with van der Waals surface area (Å²) in [6, 6.07) is 5.81. The van der Waals surface area contributed by atoms with Gasteiger partial charge in [0.15, 0.2) is 0 Å². The molecule has 2 unspecified atom stereocenters. The van der Waals surface area contributed by atoms with E-state index in [9.17, 15) is 38.7 Å². The monoisotopic (exact) mass is 1030 g/mol. The van der Waals surface area contributed by atoms with Gasteiger partial charge < -0.3 is 39.9 Å². The van der Waals surface area contributed by atoms with Crippen LogP contribution in [-0.2, 0) is 43.0 Å². The fourth-order valence-corrected chi connectivity index (χ4v) is 11.8. The van der Waals surface area contributed by atoms with Gasteiger partial charge in [0.25, 0.3) is 0 Å². The topological polar surface area (TPSA) is 195 Å². The number of methoxy groups -OCH3 is 2. The number of unbranched alkanes of at least 4 members (excludes halogenated alkanes) is 3. The zero-order valence-electron chi connectivity index (χ0n) is 46.2. The Morgan fingerprint density at radius 3 is 2.10 bits per heavy atom. The number of ether oxygens (including phenoxy) is 2. The molecule has 0 aliphatic carbocycles. The lowest BCUT2D eigenvalue weighted by Gasteiger charge is -2.41. The molecule has 2 saturated heterocycles. The molecule has 17 heteroatoms. The van der Waals surface area contributed by atoms with Gasteiger partial charge in [0.1, 0.15) is 12.1 Å². The second-order valence-corrected chi connectivity index (χ2v) is 22.8. The molecule has 2 aliphatic rings. The molecule has 0 aromatic heterocycles. The van der Waals surface area contributed by atoms with Crippen LogP contribution in [-0.4, -0.2) is 160 Å². The molecular formula is C55H92N6O10S. The first-order valence-electron chi connectivity index (χ1n) is 26.8. The summed E-state index contributed by atoms with van der Waals surface area (Å²) in [5.74, 6) is -3.10. The molecule has 12 atom stereocenters. The average molecular weight is 1030 g/mol. The molecule has 72 heavy (non-hydrogen) atoms. The normalized spacial score (nSPS) is 20.3. The van der Waals surface area contributed by atoms with Gasteiger partial charge in [0, 0.05) is 59.5 Å². The van der Waals surface area contributed by atoms with Crippen LogP contribution >= 0.6 is 11.8 Å². The minimum Gasteiger partial charge on any atom is -0.386 e. The molecule has 2 aliphatic heterocycles. The zero-order chi connectivity index (χ0) is 54.0. The lowest BCUT2D eigenvalue weighted by molar-refractivity contribution is -0.148. The quantitative estimate of drug-likeness (QED) is 0.0525. The summed E-state index contributed by atoms with van der Waals surface area (Å²) in [6.07, 6.45) is 5.10. The van der Waals surface area contributed by atoms with Crippen LogP contribution in [0.3, 0.4) is 0 Å². The number of likely N-dealkylation sites (N-methyl/N-ethyl adjacent to an activating group) is 2. The number of thioether (sulfide) groups is 1. The van der Waals surface area contributed by atoms with Crippen LogP contribution in [0.25, 0.3) is 0 Å². The van der Waals surface area contributed by atoms with E-state index >= 15 is 0 Å². The molecule has 3 N–H and O–H groups in total. The smallest absolute Gasteiger partial charge is 0.245 e. The van der Waals surface area contributed by atoms with Gasteiger partial charge in [-0.3, -0.25) is 38.5 Å². The van der Waals surface area contributed by atoms with Crippen LogP contribution in [0.15, 0.2) is 30.3 Å². The Morgan fingerprint density at radius 2 is 1.51 bits per heavy atom. The second-order valence-electron chi connectivity index (χ2n) is 21.1. The fourth-order valence-electron chi connectivity index (χ4n) is 10.5. The largest absolute Gasteiger partial charge is 0.386 e. The van der Waals surface area contributed by atoms with Crippen molar-refractivity contribution >= 4 is 53.1 Å². The molecule has 1 aromatic rings. The van der Waals surface area contributed by atoms with E-state index < -0.39 is 60.3 Å². The molecule has 0 bridgehead atoms. The number of aliphatic hydroxyl groups excluding tert-OH is 1. The Balaban J connectivity index is 1.65. The summed E-state index contributed by atoms with van der Waals surface area (Å²) in [4.78, 5) is 102. The van der Waals surface area contributed by atoms with Gasteiger partial charge in [0.2, 0.25) is 41.4 Å². The van der Waals surface area contributed by atoms with Crippen LogP contribution < -0.4 is 10.6 Å². The molecule has 3 rings (SSSR count). The molecular weight excluding hydrogens is 937 g/mol. The van der Waals surface area contributed by atoms with Crippen LogP contribution in [0.1, 0.15) is 158 Å². The third-order valence-electron chi connectivity index (χ3n) is 15.0. The summed E-state index contributed by atoms with van der Waals surface area (Å²) in [6.45, 7) is 20.0. The molecule has 2 fully saturated rings. The van der Waals surface area contributed by atoms with Crippen molar-refractivity contribution in [1.82, 2.24) is 30.2 Å². The molecule has 408 valence electrons. The first kappa shape index (κ1) is 62.2. The standard InChI is InChI=1S/C55H92N6O10S/c1-15-17-25-37(8)72-43-33-46(64)61(54(43)68)30-23-19-22-29-44(62)58(11)48(35(5)6)53(67)57-47(34(3)4)55(69)59(12)49(36(7)16-2)42(70-13)32-45(63)60-31-24-28-41(60)51(71-14)38(9)52(66)56-39(10)50(65)40-26-20-18-21-27-40/h18,20-21,26-27,34-39,41-43,47-51,65H,15-17,19,22-25,28-33H2,1-14H3,(H,56,66)(H,57,67)/t36-,37?,38+,39+,41-,42+,43?,47-,48-,49-,50+,51+/m0/s1. The van der Waals surface area contributed by atoms with Crippen molar-refractivity contribution in [2.45, 2.75) is 205 Å². The number of amides is 7. The Labute approximate surface area is 436 Å². The highest BCUT2D eigenvalue weighted by molar-refractivity contribution is 8.01. The van der Waals surface area contributed by atoms with E-state index in [1.165, 1.54) is 24.0 Å². The first-order valence-corrected chi connectivity index (χ1v) is 27.7. The predicted molar refractivity (Wildman–Crippen MR) is 283 cm³/mol. The SMILES string of the molecule is CCCCC(C)SC1CC(=O)N(CCCCCC(=O)N(C)[C@H](C(=O)N[C@H](C(=O)N(C)[C@@H]([C@@H](C)CC)[C@@H](CC(=O)N2CCC[C@H]2[C@H](OC)[C@@H](C)C(=O)N[C@H](C)[C@@H](O)c2ccccc2)OC)C(C)C)C(C)C)C1=O. The van der Waals surface area contributed by atoms with E-state index in [1.54, 1.807) is 61.6 Å². The molecule has 2 heterocycles. The highest BCUT2D eigenvalue weighted by atomic mass is 32.2. The summed E-state index contributed by atoms with van der Waals surface area (Å²) in [7, 11) is 6.37. The predicted octanol–water partition coefficient (Wildman–Crippen LogP) is 6.77. The number of hydrogen-bond donors (Lipinski definition) is 3. The maximum absolute atomic E-state index is 14.7. The second kappa shape index (κ2) is 30.3. The van der Waals surface area contributed by atoms with Crippen LogP contribution in [0, 0.1) is 23.7 Å². The van der Waals surface area contributed by atoms with Crippen molar-refractivity contribution in [2.75, 3.05) is 41.4 Å². The van der Waals surface area contributed by atoms with Crippen molar-refractivity contribution in [3.05, 3.63) is 35.9 Å². The Morgan fingerprint density at radius 1 is 0.847 bits per heavy atom. The number of carbonyl (C=O) groups is 7. The van der Waals surface area contributed by atoms with E-state index in [0.717, 1.165) is 25.7 Å². The van der Waals surface area contributed by atoms with E-state index in [2.05, 4.69) is 24.5 Å². The number of hydrogen-bond acceptors (Lipinski definition) is 11. The highest BCUT2D eigenvalue weighted by Crippen LogP contribution is 2.32. The van der Waals surface area contributed by atoms with Crippen LogP contribution in [0.5, 0.6) is 0 Å². The minimum atomic E-state index is -0.949. The van der Waals surface area contributed by atoms with Gasteiger partial charge in [0.05, 0.1) is 54.0 Å². The third kappa shape index (κ3) is 17.0. The molecule has 0 saturated carbocycles. The maximum Gasteiger partial charge on any atom is 0.245 e. The number of nitrogens with zero attached hydrogens (tertiary/aromatic N) is 4. The Kier molecular flexibility index (Phi) is 26.2. The summed E-state index contributed by atoms with van der Waals surface area (Å²) < 4.78 is 12.0. The number of rotatable bonds is 31. The lowest BCUT2D eigenvalue weighted by atomic mass is 9.89. The number of aliphatic hydroxyl groups is 1. The number of benzene rings is 1. The zero-order valence-corrected chi connectivity index (χ0v) is 47.0. The van der Waals surface area contributed by atoms with E-state index in [1.807, 2.05) is 59.7 Å². The maximum atomic E-state index is 14.7. The molecule has 1 aromatic carbocycles. The molecule has 0 spiro atoms. The van der Waals surface area contributed by atoms with Gasteiger partial charge >= 0.3 is 0 Å². The minimum absolute atomic E-state index is 0.0371. The number of likely N-dealkylation sites (tertiary alicyclic amines) is 2. The van der Waals surface area contributed by atoms with E-state index in [0.29, 0.717) is 56.0 Å². The van der Waals surface area contributed by atoms with Gasteiger partial charge in [-0.25, -0.2) is 0 Å². The van der Waals surface area contributed by atoms with Crippen molar-refractivity contribution < 1.29 is 48.1 Å². The Hall–Kier alpha value is -4.06. The van der Waals surface area contributed by atoms with Crippen molar-refractivity contribution in [3.63, 3.8) is 0 Å². The Bertz CT molecular complexity index is 1910. The van der Waals surface area contributed by atoms with E-state index in [-0.39, 0.29) is 77.7 Å². The van der Waals surface area contributed by atoms with Crippen LogP contribution in [0.2, 0.25) is 0 Å². The molecule has 7 amide bonds. The van der Waals surface area contributed by atoms with Gasteiger partial charge in [-0.1, -0.05) is 118 Å². The lowest BCUT2D eigenvalue weighted by Crippen LogP contribution is -2.60. The van der Waals surface area contributed by atoms with E-state index in [4.69, 9.17) is 9.47 Å². The average Bonchev–Trinajstić information content (AvgIpc) is 3.94. The van der Waals surface area contributed by atoms with Crippen LogP contribution in [0.4, 0.5) is 0 Å². The van der Waals surface area contributed by atoms with Crippen molar-refractivity contribution in [1.29, 1.82) is 0 Å². The van der Waals surface area contributed by atoms with Gasteiger partial charge in [-0.05, 0) is 62.3 Å². The first-order chi connectivity index (χ1) is 34.1. The number of imide groups is 1. The van der Waals surface area contributed by atoms with Crippen molar-refractivity contribution in [3.8, 4) is 0 Å². The van der Waals surface area contributed by atoms with Gasteiger partial charge in [-0.15, -0.1) is 11.8 Å². The summed E-state index contributed by atoms with van der Waals surface area (Å²) in [5.41, 5.74) is 0.690.